The molecule has 1 atom stereocenters. The van der Waals surface area contributed by atoms with Crippen molar-refractivity contribution in [3.05, 3.63) is 41.2 Å². The fourth-order valence-electron chi connectivity index (χ4n) is 4.26. The minimum absolute atomic E-state index is 0.176. The normalized spacial score (nSPS) is 17.4. The topological polar surface area (TPSA) is 93.0 Å². The minimum Gasteiger partial charge on any atom is -0.497 e. The van der Waals surface area contributed by atoms with E-state index in [1.54, 1.807) is 32.1 Å². The molecule has 1 unspecified atom stereocenters. The number of likely N-dealkylation sites (N-methyl/N-ethyl adjacent to an activating group) is 1. The smallest absolute Gasteiger partial charge is 0.231 e. The van der Waals surface area contributed by atoms with Crippen LogP contribution in [0.25, 0.3) is 5.69 Å². The quantitative estimate of drug-likeness (QED) is 0.608. The molecule has 10 nitrogen and oxygen atoms in total. The SMILES string of the molecule is COc1ccc(-n2nnnc2C2c3c(cc4c(c3OC)OCO4)CCN2C)c(OC)c1. The van der Waals surface area contributed by atoms with Crippen LogP contribution >= 0.6 is 0 Å². The van der Waals surface area contributed by atoms with Gasteiger partial charge in [0.15, 0.2) is 17.3 Å². The standard InChI is InChI=1S/C21H23N5O5/c1-25-8-7-12-9-16-19(31-11-30-16)20(29-4)17(12)18(25)21-22-23-24-26(21)14-6-5-13(27-2)10-15(14)28-3/h5-6,9-10,18H,7-8,11H2,1-4H3. The number of fused-ring (bicyclic) bond motifs is 2. The van der Waals surface area contributed by atoms with Crippen molar-refractivity contribution in [2.45, 2.75) is 12.5 Å². The number of tetrazole rings is 1. The lowest BCUT2D eigenvalue weighted by Gasteiger charge is -2.34. The third kappa shape index (κ3) is 3.02. The van der Waals surface area contributed by atoms with E-state index in [0.717, 1.165) is 24.1 Å². The Morgan fingerprint density at radius 2 is 1.94 bits per heavy atom. The number of hydrogen-bond donors (Lipinski definition) is 0. The highest BCUT2D eigenvalue weighted by atomic mass is 16.7. The maximum absolute atomic E-state index is 5.80. The summed E-state index contributed by atoms with van der Waals surface area (Å²) in [5, 5.41) is 12.7. The first kappa shape index (κ1) is 19.4. The van der Waals surface area contributed by atoms with Gasteiger partial charge in [-0.1, -0.05) is 0 Å². The monoisotopic (exact) mass is 425 g/mol. The van der Waals surface area contributed by atoms with Crippen LogP contribution in [0, 0.1) is 0 Å². The van der Waals surface area contributed by atoms with Crippen LogP contribution < -0.4 is 23.7 Å². The van der Waals surface area contributed by atoms with Crippen molar-refractivity contribution >= 4 is 0 Å². The molecule has 2 aliphatic rings. The second-order valence-corrected chi connectivity index (χ2v) is 7.34. The molecule has 1 aromatic heterocycles. The van der Waals surface area contributed by atoms with Gasteiger partial charge in [0.25, 0.3) is 0 Å². The molecule has 2 aromatic carbocycles. The van der Waals surface area contributed by atoms with Crippen LogP contribution in [0.3, 0.4) is 0 Å². The Labute approximate surface area is 179 Å². The third-order valence-corrected chi connectivity index (χ3v) is 5.75. The van der Waals surface area contributed by atoms with Crippen LogP contribution in [-0.4, -0.2) is 66.8 Å². The molecule has 0 amide bonds. The summed E-state index contributed by atoms with van der Waals surface area (Å²) < 4.78 is 29.7. The van der Waals surface area contributed by atoms with E-state index >= 15 is 0 Å². The maximum atomic E-state index is 5.80. The van der Waals surface area contributed by atoms with Gasteiger partial charge in [-0.25, -0.2) is 0 Å². The van der Waals surface area contributed by atoms with Crippen molar-refractivity contribution in [2.24, 2.45) is 0 Å². The predicted molar refractivity (Wildman–Crippen MR) is 110 cm³/mol. The van der Waals surface area contributed by atoms with Gasteiger partial charge >= 0.3 is 0 Å². The molecule has 0 spiro atoms. The molecular formula is C21H23N5O5. The van der Waals surface area contributed by atoms with Crippen LogP contribution in [0.5, 0.6) is 28.7 Å². The zero-order valence-corrected chi connectivity index (χ0v) is 17.8. The zero-order valence-electron chi connectivity index (χ0n) is 17.8. The number of rotatable bonds is 5. The number of benzene rings is 2. The van der Waals surface area contributed by atoms with Crippen molar-refractivity contribution in [2.75, 3.05) is 41.7 Å². The van der Waals surface area contributed by atoms with Gasteiger partial charge in [0.2, 0.25) is 12.5 Å². The summed E-state index contributed by atoms with van der Waals surface area (Å²) in [5.41, 5.74) is 2.81. The molecule has 3 heterocycles. The van der Waals surface area contributed by atoms with Gasteiger partial charge in [-0.15, -0.1) is 5.10 Å². The zero-order chi connectivity index (χ0) is 21.5. The van der Waals surface area contributed by atoms with Gasteiger partial charge < -0.3 is 23.7 Å². The van der Waals surface area contributed by atoms with Gasteiger partial charge in [0.1, 0.15) is 23.2 Å². The molecule has 10 heteroatoms. The van der Waals surface area contributed by atoms with E-state index in [4.69, 9.17) is 23.7 Å². The second-order valence-electron chi connectivity index (χ2n) is 7.34. The van der Waals surface area contributed by atoms with E-state index in [1.165, 1.54) is 0 Å². The molecule has 0 aliphatic carbocycles. The number of ether oxygens (including phenoxy) is 5. The Balaban J connectivity index is 1.69. The number of aromatic nitrogens is 4. The molecule has 0 saturated carbocycles. The molecule has 0 N–H and O–H groups in total. The highest BCUT2D eigenvalue weighted by molar-refractivity contribution is 5.63. The summed E-state index contributed by atoms with van der Waals surface area (Å²) in [5.74, 6) is 3.90. The summed E-state index contributed by atoms with van der Waals surface area (Å²) in [7, 11) is 6.90. The lowest BCUT2D eigenvalue weighted by molar-refractivity contribution is 0.170. The summed E-state index contributed by atoms with van der Waals surface area (Å²) >= 11 is 0. The fourth-order valence-corrected chi connectivity index (χ4v) is 4.26. The van der Waals surface area contributed by atoms with Crippen molar-refractivity contribution in [3.8, 4) is 34.4 Å². The van der Waals surface area contributed by atoms with Crippen LogP contribution in [-0.2, 0) is 6.42 Å². The Bertz CT molecular complexity index is 1130. The third-order valence-electron chi connectivity index (χ3n) is 5.75. The first-order valence-corrected chi connectivity index (χ1v) is 9.86. The minimum atomic E-state index is -0.255. The van der Waals surface area contributed by atoms with Gasteiger partial charge in [-0.2, -0.15) is 4.68 Å². The van der Waals surface area contributed by atoms with E-state index in [9.17, 15) is 0 Å². The second kappa shape index (κ2) is 7.62. The number of methoxy groups -OCH3 is 3. The molecule has 31 heavy (non-hydrogen) atoms. The molecule has 2 aliphatic heterocycles. The van der Waals surface area contributed by atoms with Crippen molar-refractivity contribution < 1.29 is 23.7 Å². The van der Waals surface area contributed by atoms with E-state index in [2.05, 4.69) is 20.4 Å². The number of nitrogens with zero attached hydrogens (tertiary/aromatic N) is 5. The van der Waals surface area contributed by atoms with Crippen molar-refractivity contribution in [1.82, 2.24) is 25.1 Å². The van der Waals surface area contributed by atoms with E-state index in [-0.39, 0.29) is 12.8 Å². The molecule has 3 aromatic rings. The first-order valence-electron chi connectivity index (χ1n) is 9.86. The molecular weight excluding hydrogens is 402 g/mol. The van der Waals surface area contributed by atoms with E-state index in [0.29, 0.717) is 40.3 Å². The van der Waals surface area contributed by atoms with Crippen LogP contribution in [0.15, 0.2) is 24.3 Å². The van der Waals surface area contributed by atoms with E-state index < -0.39 is 0 Å². The maximum Gasteiger partial charge on any atom is 0.231 e. The van der Waals surface area contributed by atoms with Crippen LogP contribution in [0.1, 0.15) is 23.0 Å². The average molecular weight is 425 g/mol. The molecule has 0 saturated heterocycles. The largest absolute Gasteiger partial charge is 0.497 e. The van der Waals surface area contributed by atoms with Crippen molar-refractivity contribution in [3.63, 3.8) is 0 Å². The molecule has 0 fully saturated rings. The average Bonchev–Trinajstić information content (AvgIpc) is 3.46. The van der Waals surface area contributed by atoms with Gasteiger partial charge in [-0.3, -0.25) is 4.90 Å². The Morgan fingerprint density at radius 3 is 2.71 bits per heavy atom. The van der Waals surface area contributed by atoms with Crippen LogP contribution in [0.2, 0.25) is 0 Å². The Hall–Kier alpha value is -3.53. The number of hydrogen-bond acceptors (Lipinski definition) is 9. The highest BCUT2D eigenvalue weighted by Crippen LogP contribution is 2.50. The summed E-state index contributed by atoms with van der Waals surface area (Å²) in [6.45, 7) is 1.00. The van der Waals surface area contributed by atoms with Gasteiger partial charge in [-0.05, 0) is 47.7 Å². The molecule has 0 bridgehead atoms. The summed E-state index contributed by atoms with van der Waals surface area (Å²) in [6, 6.07) is 7.30. The van der Waals surface area contributed by atoms with Crippen LogP contribution in [0.4, 0.5) is 0 Å². The predicted octanol–water partition coefficient (Wildman–Crippen LogP) is 1.99. The molecule has 0 radical (unpaired) electrons. The van der Waals surface area contributed by atoms with Gasteiger partial charge in [0, 0.05) is 18.2 Å². The Morgan fingerprint density at radius 1 is 1.06 bits per heavy atom. The van der Waals surface area contributed by atoms with Crippen molar-refractivity contribution in [1.29, 1.82) is 0 Å². The summed E-state index contributed by atoms with van der Waals surface area (Å²) in [6.07, 6.45) is 0.850. The first-order chi connectivity index (χ1) is 15.2. The lowest BCUT2D eigenvalue weighted by Crippen LogP contribution is -2.35. The fraction of sp³-hybridized carbons (Fsp3) is 0.381. The summed E-state index contributed by atoms with van der Waals surface area (Å²) in [4.78, 5) is 2.20. The van der Waals surface area contributed by atoms with Gasteiger partial charge in [0.05, 0.1) is 21.3 Å². The van der Waals surface area contributed by atoms with E-state index in [1.807, 2.05) is 25.2 Å². The lowest BCUT2D eigenvalue weighted by atomic mass is 9.90. The molecule has 162 valence electrons. The Kier molecular flexibility index (Phi) is 4.78. The molecule has 5 rings (SSSR count). The highest BCUT2D eigenvalue weighted by Gasteiger charge is 2.38.